The Labute approximate surface area is 207 Å². The Bertz CT molecular complexity index is 1080. The van der Waals surface area contributed by atoms with Gasteiger partial charge in [0.1, 0.15) is 17.8 Å². The average molecular weight is 481 g/mol. The van der Waals surface area contributed by atoms with Crippen molar-refractivity contribution in [2.24, 2.45) is 29.1 Å². The van der Waals surface area contributed by atoms with Crippen LogP contribution >= 0.6 is 0 Å². The molecule has 0 bridgehead atoms. The lowest BCUT2D eigenvalue weighted by Crippen LogP contribution is -2.45. The molecule has 0 spiro atoms. The number of Topliss-reactive ketones (excluding diaryl/α,β-unsaturated/α-hetero) is 1. The molecule has 0 saturated heterocycles. The molecular weight excluding hydrogens is 444 g/mol. The Morgan fingerprint density at radius 1 is 1.03 bits per heavy atom. The Morgan fingerprint density at radius 3 is 2.31 bits per heavy atom. The molecule has 1 N–H and O–H groups in total. The summed E-state index contributed by atoms with van der Waals surface area (Å²) in [5.74, 6) is -1.81. The van der Waals surface area contributed by atoms with Gasteiger partial charge in [0.2, 0.25) is 0 Å². The van der Waals surface area contributed by atoms with Gasteiger partial charge in [-0.2, -0.15) is 0 Å². The minimum Gasteiger partial charge on any atom is -0.458 e. The number of aliphatic hydroxyl groups is 1. The number of ketones is 1. The number of carbonyl (C=O) groups is 3. The highest BCUT2D eigenvalue weighted by atomic mass is 16.5. The highest BCUT2D eigenvalue weighted by molar-refractivity contribution is 6.02. The molecule has 6 nitrogen and oxygen atoms in total. The van der Waals surface area contributed by atoms with Crippen molar-refractivity contribution in [2.45, 2.75) is 72.2 Å². The van der Waals surface area contributed by atoms with Crippen molar-refractivity contribution < 1.29 is 29.0 Å². The van der Waals surface area contributed by atoms with E-state index in [-0.39, 0.29) is 41.3 Å². The second-order valence-electron chi connectivity index (χ2n) is 11.2. The highest BCUT2D eigenvalue weighted by Gasteiger charge is 2.60. The van der Waals surface area contributed by atoms with E-state index in [2.05, 4.69) is 13.8 Å². The van der Waals surface area contributed by atoms with Crippen LogP contribution in [0.1, 0.15) is 64.7 Å². The molecule has 6 heteroatoms. The summed E-state index contributed by atoms with van der Waals surface area (Å²) in [5.41, 5.74) is -0.0552. The number of hydrogen-bond donors (Lipinski definition) is 1. The quantitative estimate of drug-likeness (QED) is 0.500. The molecule has 35 heavy (non-hydrogen) atoms. The van der Waals surface area contributed by atoms with Gasteiger partial charge < -0.3 is 14.6 Å². The monoisotopic (exact) mass is 480 g/mol. The molecule has 0 heterocycles. The number of allylic oxidation sites excluding steroid dienone is 1. The zero-order chi connectivity index (χ0) is 25.7. The Balaban J connectivity index is 1.76. The van der Waals surface area contributed by atoms with E-state index in [1.165, 1.54) is 6.92 Å². The summed E-state index contributed by atoms with van der Waals surface area (Å²) in [6, 6.07) is 8.69. The third kappa shape index (κ3) is 4.61. The van der Waals surface area contributed by atoms with Crippen LogP contribution < -0.4 is 0 Å². The second kappa shape index (κ2) is 9.05. The van der Waals surface area contributed by atoms with Crippen molar-refractivity contribution >= 4 is 17.7 Å². The molecule has 188 valence electrons. The van der Waals surface area contributed by atoms with Gasteiger partial charge in [-0.05, 0) is 73.1 Å². The van der Waals surface area contributed by atoms with Crippen LogP contribution in [0.25, 0.3) is 0 Å². The minimum atomic E-state index is -1.72. The molecule has 4 rings (SSSR count). The fourth-order valence-electron chi connectivity index (χ4n) is 6.20. The van der Waals surface area contributed by atoms with Crippen molar-refractivity contribution in [3.05, 3.63) is 59.2 Å². The SMILES string of the molecule is CC(=O)O[C@@H]1C[C@@H]2[C@H](/C=C(\C)C(=O)[C@]3(O)C[C@H](C)[C@H](OC(=O)c4ccccc4)[C@H]3C=C1C)C2(C)C. The van der Waals surface area contributed by atoms with Crippen LogP contribution in [0.4, 0.5) is 0 Å². The molecule has 0 amide bonds. The van der Waals surface area contributed by atoms with E-state index in [4.69, 9.17) is 9.47 Å². The zero-order valence-electron chi connectivity index (χ0n) is 21.4. The summed E-state index contributed by atoms with van der Waals surface area (Å²) >= 11 is 0. The zero-order valence-corrected chi connectivity index (χ0v) is 21.4. The van der Waals surface area contributed by atoms with Gasteiger partial charge in [-0.15, -0.1) is 0 Å². The average Bonchev–Trinajstić information content (AvgIpc) is 3.20. The molecule has 0 unspecified atom stereocenters. The van der Waals surface area contributed by atoms with E-state index in [1.807, 2.05) is 26.0 Å². The molecular formula is C29H36O6. The third-order valence-electron chi connectivity index (χ3n) is 8.40. The third-order valence-corrected chi connectivity index (χ3v) is 8.40. The van der Waals surface area contributed by atoms with Gasteiger partial charge in [0, 0.05) is 6.92 Å². The van der Waals surface area contributed by atoms with E-state index < -0.39 is 29.7 Å². The van der Waals surface area contributed by atoms with Gasteiger partial charge in [0.05, 0.1) is 11.5 Å². The number of ether oxygens (including phenoxy) is 2. The van der Waals surface area contributed by atoms with Crippen molar-refractivity contribution in [3.63, 3.8) is 0 Å². The minimum absolute atomic E-state index is 0.0296. The maximum atomic E-state index is 13.7. The summed E-state index contributed by atoms with van der Waals surface area (Å²) in [6.07, 6.45) is 3.40. The van der Waals surface area contributed by atoms with Crippen LogP contribution in [0, 0.1) is 29.1 Å². The molecule has 0 aromatic heterocycles. The Morgan fingerprint density at radius 2 is 1.69 bits per heavy atom. The predicted molar refractivity (Wildman–Crippen MR) is 131 cm³/mol. The van der Waals surface area contributed by atoms with E-state index >= 15 is 0 Å². The predicted octanol–water partition coefficient (Wildman–Crippen LogP) is 4.67. The standard InChI is InChI=1S/C29H36O6/c1-16-12-23-25(35-27(32)20-10-8-7-9-11-20)18(3)15-29(23,33)26(31)17(2)13-21-22(28(21,5)6)14-24(16)34-19(4)30/h7-13,18,21-25,33H,14-15H2,1-6H3/b16-12?,17-13+/t18-,21-,22+,23+,24+,25-,29-/m0/s1. The maximum Gasteiger partial charge on any atom is 0.338 e. The van der Waals surface area contributed by atoms with Crippen molar-refractivity contribution in [2.75, 3.05) is 0 Å². The smallest absolute Gasteiger partial charge is 0.338 e. The van der Waals surface area contributed by atoms with Crippen LogP contribution in [0.15, 0.2) is 53.6 Å². The molecule has 3 aliphatic rings. The van der Waals surface area contributed by atoms with E-state index in [0.29, 0.717) is 17.6 Å². The normalized spacial score (nSPS) is 37.5. The lowest BCUT2D eigenvalue weighted by Gasteiger charge is -2.31. The Kier molecular flexibility index (Phi) is 6.56. The molecule has 1 aromatic carbocycles. The van der Waals surface area contributed by atoms with Gasteiger partial charge in [0.15, 0.2) is 5.78 Å². The largest absolute Gasteiger partial charge is 0.458 e. The van der Waals surface area contributed by atoms with Gasteiger partial charge in [-0.25, -0.2) is 4.79 Å². The number of benzene rings is 1. The van der Waals surface area contributed by atoms with Gasteiger partial charge >= 0.3 is 11.9 Å². The van der Waals surface area contributed by atoms with E-state index in [0.717, 1.165) is 5.57 Å². The molecule has 2 fully saturated rings. The van der Waals surface area contributed by atoms with Crippen molar-refractivity contribution in [3.8, 4) is 0 Å². The molecule has 7 atom stereocenters. The molecule has 1 aromatic rings. The molecule has 2 saturated carbocycles. The van der Waals surface area contributed by atoms with Crippen LogP contribution in [-0.4, -0.2) is 40.6 Å². The summed E-state index contributed by atoms with van der Waals surface area (Å²) in [4.78, 5) is 38.6. The first-order valence-corrected chi connectivity index (χ1v) is 12.4. The molecule has 0 aliphatic heterocycles. The first kappa shape index (κ1) is 25.4. The van der Waals surface area contributed by atoms with Crippen LogP contribution in [0.5, 0.6) is 0 Å². The number of esters is 2. The van der Waals surface area contributed by atoms with E-state index in [1.54, 1.807) is 37.3 Å². The summed E-state index contributed by atoms with van der Waals surface area (Å²) < 4.78 is 11.6. The Hall–Kier alpha value is -2.73. The summed E-state index contributed by atoms with van der Waals surface area (Å²) in [5, 5.41) is 11.9. The fourth-order valence-corrected chi connectivity index (χ4v) is 6.20. The topological polar surface area (TPSA) is 89.9 Å². The highest BCUT2D eigenvalue weighted by Crippen LogP contribution is 2.62. The maximum absolute atomic E-state index is 13.7. The lowest BCUT2D eigenvalue weighted by atomic mass is 9.81. The van der Waals surface area contributed by atoms with Gasteiger partial charge in [-0.1, -0.05) is 51.1 Å². The number of fused-ring (bicyclic) bond motifs is 2. The lowest BCUT2D eigenvalue weighted by molar-refractivity contribution is -0.145. The second-order valence-corrected chi connectivity index (χ2v) is 11.2. The van der Waals surface area contributed by atoms with Crippen molar-refractivity contribution in [1.82, 2.24) is 0 Å². The van der Waals surface area contributed by atoms with Crippen LogP contribution in [-0.2, 0) is 19.1 Å². The van der Waals surface area contributed by atoms with Gasteiger partial charge in [-0.3, -0.25) is 9.59 Å². The molecule has 0 radical (unpaired) electrons. The number of rotatable bonds is 3. The fraction of sp³-hybridized carbons (Fsp3) is 0.552. The summed E-state index contributed by atoms with van der Waals surface area (Å²) in [7, 11) is 0. The first-order valence-electron chi connectivity index (χ1n) is 12.4. The number of hydrogen-bond acceptors (Lipinski definition) is 6. The van der Waals surface area contributed by atoms with Crippen molar-refractivity contribution in [1.29, 1.82) is 0 Å². The van der Waals surface area contributed by atoms with Crippen LogP contribution in [0.2, 0.25) is 0 Å². The summed E-state index contributed by atoms with van der Waals surface area (Å²) in [6.45, 7) is 11.2. The number of carbonyl (C=O) groups excluding carboxylic acids is 3. The van der Waals surface area contributed by atoms with E-state index in [9.17, 15) is 19.5 Å². The van der Waals surface area contributed by atoms with Gasteiger partial charge in [0.25, 0.3) is 0 Å². The molecule has 3 aliphatic carbocycles. The van der Waals surface area contributed by atoms with Crippen LogP contribution in [0.3, 0.4) is 0 Å². The first-order chi connectivity index (χ1) is 16.4.